The largest absolute Gasteiger partial charge is 0.449 e. The molecule has 0 fully saturated rings. The number of hydrogen-bond acceptors (Lipinski definition) is 3. The van der Waals surface area contributed by atoms with Crippen LogP contribution in [0.4, 0.5) is 4.39 Å². The molecule has 4 nitrogen and oxygen atoms in total. The van der Waals surface area contributed by atoms with Gasteiger partial charge in [-0.3, -0.25) is 4.79 Å². The predicted molar refractivity (Wildman–Crippen MR) is 58.8 cm³/mol. The first kappa shape index (κ1) is 11.3. The fourth-order valence-corrected chi connectivity index (χ4v) is 1.39. The van der Waals surface area contributed by atoms with Crippen LogP contribution in [0.5, 0.6) is 0 Å². The highest BCUT2D eigenvalue weighted by Gasteiger charge is 2.07. The van der Waals surface area contributed by atoms with Crippen molar-refractivity contribution in [3.63, 3.8) is 0 Å². The van der Waals surface area contributed by atoms with Gasteiger partial charge in [-0.2, -0.15) is 0 Å². The van der Waals surface area contributed by atoms with Crippen LogP contribution in [0.3, 0.4) is 0 Å². The molecular weight excluding hydrogens is 223 g/mol. The van der Waals surface area contributed by atoms with Gasteiger partial charge in [0.1, 0.15) is 12.1 Å². The summed E-state index contributed by atoms with van der Waals surface area (Å²) in [6.45, 7) is 1.98. The maximum atomic E-state index is 12.9. The second-order valence-corrected chi connectivity index (χ2v) is 3.55. The number of aromatic nitrogens is 1. The third kappa shape index (κ3) is 2.90. The van der Waals surface area contributed by atoms with Crippen molar-refractivity contribution in [1.82, 2.24) is 10.3 Å². The van der Waals surface area contributed by atoms with Gasteiger partial charge in [0.25, 0.3) is 5.91 Å². The van der Waals surface area contributed by atoms with Gasteiger partial charge in [0.15, 0.2) is 5.89 Å². The summed E-state index contributed by atoms with van der Waals surface area (Å²) in [4.78, 5) is 15.7. The first-order chi connectivity index (χ1) is 8.15. The molecule has 5 heteroatoms. The number of benzene rings is 1. The number of aryl methyl sites for hydroxylation is 1. The van der Waals surface area contributed by atoms with E-state index in [0.29, 0.717) is 11.6 Å². The molecule has 2 rings (SSSR count). The molecule has 0 spiro atoms. The van der Waals surface area contributed by atoms with Crippen LogP contribution in [0.15, 0.2) is 34.9 Å². The van der Waals surface area contributed by atoms with E-state index in [-0.39, 0.29) is 18.0 Å². The highest BCUT2D eigenvalue weighted by atomic mass is 19.1. The fourth-order valence-electron chi connectivity index (χ4n) is 1.39. The average Bonchev–Trinajstić information content (AvgIpc) is 2.72. The minimum absolute atomic E-state index is 0.257. The standard InChI is InChI=1S/C12H11FN2O2/c1-8-15-11(7-17-8)6-14-12(16)9-3-2-4-10(13)5-9/h2-5,7H,6H2,1H3,(H,14,16). The number of carbonyl (C=O) groups excluding carboxylic acids is 1. The number of nitrogens with zero attached hydrogens (tertiary/aromatic N) is 1. The molecule has 0 unspecified atom stereocenters. The van der Waals surface area contributed by atoms with Gasteiger partial charge < -0.3 is 9.73 Å². The van der Waals surface area contributed by atoms with Gasteiger partial charge in [0.05, 0.1) is 12.2 Å². The zero-order chi connectivity index (χ0) is 12.3. The number of rotatable bonds is 3. The van der Waals surface area contributed by atoms with E-state index in [1.165, 1.54) is 24.5 Å². The highest BCUT2D eigenvalue weighted by Crippen LogP contribution is 2.04. The molecule has 0 aliphatic rings. The molecule has 1 N–H and O–H groups in total. The molecule has 17 heavy (non-hydrogen) atoms. The quantitative estimate of drug-likeness (QED) is 0.884. The smallest absolute Gasteiger partial charge is 0.251 e. The summed E-state index contributed by atoms with van der Waals surface area (Å²) in [5.41, 5.74) is 0.914. The summed E-state index contributed by atoms with van der Waals surface area (Å²) in [5, 5.41) is 2.63. The Morgan fingerprint density at radius 1 is 1.53 bits per heavy atom. The minimum Gasteiger partial charge on any atom is -0.449 e. The molecule has 0 bridgehead atoms. The van der Waals surface area contributed by atoms with Crippen LogP contribution >= 0.6 is 0 Å². The molecule has 2 aromatic rings. The Morgan fingerprint density at radius 3 is 3.00 bits per heavy atom. The van der Waals surface area contributed by atoms with Gasteiger partial charge in [-0.25, -0.2) is 9.37 Å². The maximum absolute atomic E-state index is 12.9. The molecule has 1 aromatic carbocycles. The monoisotopic (exact) mass is 234 g/mol. The third-order valence-electron chi connectivity index (χ3n) is 2.18. The number of carbonyl (C=O) groups is 1. The Labute approximate surface area is 97.5 Å². The molecular formula is C12H11FN2O2. The fraction of sp³-hybridized carbons (Fsp3) is 0.167. The number of hydrogen-bond donors (Lipinski definition) is 1. The molecule has 0 saturated carbocycles. The SMILES string of the molecule is Cc1nc(CNC(=O)c2cccc(F)c2)co1. The second kappa shape index (κ2) is 4.78. The van der Waals surface area contributed by atoms with Crippen LogP contribution in [0.2, 0.25) is 0 Å². The number of oxazole rings is 1. The number of nitrogens with one attached hydrogen (secondary N) is 1. The van der Waals surface area contributed by atoms with Crippen LogP contribution in [-0.2, 0) is 6.54 Å². The lowest BCUT2D eigenvalue weighted by Gasteiger charge is -2.02. The normalized spacial score (nSPS) is 10.2. The van der Waals surface area contributed by atoms with E-state index in [1.54, 1.807) is 13.0 Å². The minimum atomic E-state index is -0.435. The molecule has 0 saturated heterocycles. The molecule has 1 aromatic heterocycles. The summed E-state index contributed by atoms with van der Waals surface area (Å²) in [6.07, 6.45) is 1.47. The van der Waals surface area contributed by atoms with Crippen LogP contribution in [-0.4, -0.2) is 10.9 Å². The summed E-state index contributed by atoms with van der Waals surface area (Å²) in [7, 11) is 0. The van der Waals surface area contributed by atoms with Gasteiger partial charge >= 0.3 is 0 Å². The lowest BCUT2D eigenvalue weighted by molar-refractivity contribution is 0.0950. The summed E-state index contributed by atoms with van der Waals surface area (Å²) < 4.78 is 17.9. The summed E-state index contributed by atoms with van der Waals surface area (Å²) in [6, 6.07) is 5.51. The van der Waals surface area contributed by atoms with Crippen molar-refractivity contribution in [2.24, 2.45) is 0 Å². The van der Waals surface area contributed by atoms with Crippen LogP contribution in [0.1, 0.15) is 21.9 Å². The molecule has 0 atom stereocenters. The molecule has 1 amide bonds. The van der Waals surface area contributed by atoms with E-state index in [2.05, 4.69) is 10.3 Å². The Balaban J connectivity index is 1.98. The zero-order valence-corrected chi connectivity index (χ0v) is 9.24. The molecule has 0 radical (unpaired) electrons. The van der Waals surface area contributed by atoms with Gasteiger partial charge in [-0.15, -0.1) is 0 Å². The van der Waals surface area contributed by atoms with Gasteiger partial charge in [-0.1, -0.05) is 6.07 Å². The lowest BCUT2D eigenvalue weighted by atomic mass is 10.2. The van der Waals surface area contributed by atoms with Crippen molar-refractivity contribution in [3.05, 3.63) is 53.5 Å². The van der Waals surface area contributed by atoms with E-state index in [4.69, 9.17) is 4.42 Å². The Morgan fingerprint density at radius 2 is 2.35 bits per heavy atom. The molecule has 0 aliphatic heterocycles. The predicted octanol–water partition coefficient (Wildman–Crippen LogP) is 2.05. The van der Waals surface area contributed by atoms with E-state index < -0.39 is 5.82 Å². The van der Waals surface area contributed by atoms with Crippen molar-refractivity contribution in [2.75, 3.05) is 0 Å². The Bertz CT molecular complexity index is 537. The molecule has 0 aliphatic carbocycles. The topological polar surface area (TPSA) is 55.1 Å². The molecule has 1 heterocycles. The Kier molecular flexibility index (Phi) is 3.18. The van der Waals surface area contributed by atoms with Gasteiger partial charge in [-0.05, 0) is 18.2 Å². The van der Waals surface area contributed by atoms with Crippen molar-refractivity contribution in [3.8, 4) is 0 Å². The first-order valence-electron chi connectivity index (χ1n) is 5.10. The highest BCUT2D eigenvalue weighted by molar-refractivity contribution is 5.94. The third-order valence-corrected chi connectivity index (χ3v) is 2.18. The van der Waals surface area contributed by atoms with Crippen molar-refractivity contribution in [2.45, 2.75) is 13.5 Å². The van der Waals surface area contributed by atoms with E-state index >= 15 is 0 Å². The summed E-state index contributed by atoms with van der Waals surface area (Å²) in [5.74, 6) is -0.236. The van der Waals surface area contributed by atoms with Crippen molar-refractivity contribution < 1.29 is 13.6 Å². The lowest BCUT2D eigenvalue weighted by Crippen LogP contribution is -2.23. The Hall–Kier alpha value is -2.17. The average molecular weight is 234 g/mol. The second-order valence-electron chi connectivity index (χ2n) is 3.55. The van der Waals surface area contributed by atoms with Gasteiger partial charge in [0.2, 0.25) is 0 Å². The van der Waals surface area contributed by atoms with E-state index in [0.717, 1.165) is 0 Å². The van der Waals surface area contributed by atoms with Gasteiger partial charge in [0, 0.05) is 12.5 Å². The van der Waals surface area contributed by atoms with Crippen LogP contribution in [0, 0.1) is 12.7 Å². The summed E-state index contributed by atoms with van der Waals surface area (Å²) >= 11 is 0. The number of amides is 1. The van der Waals surface area contributed by atoms with Crippen molar-refractivity contribution >= 4 is 5.91 Å². The maximum Gasteiger partial charge on any atom is 0.251 e. The van der Waals surface area contributed by atoms with E-state index in [1.807, 2.05) is 0 Å². The first-order valence-corrected chi connectivity index (χ1v) is 5.10. The van der Waals surface area contributed by atoms with Crippen molar-refractivity contribution in [1.29, 1.82) is 0 Å². The van der Waals surface area contributed by atoms with Crippen LogP contribution < -0.4 is 5.32 Å². The number of halogens is 1. The van der Waals surface area contributed by atoms with Crippen LogP contribution in [0.25, 0.3) is 0 Å². The van der Waals surface area contributed by atoms with E-state index in [9.17, 15) is 9.18 Å². The molecule has 88 valence electrons. The zero-order valence-electron chi connectivity index (χ0n) is 9.24.